The molecule has 20 heavy (non-hydrogen) atoms. The number of hydrogen-bond donors (Lipinski definition) is 2. The highest BCUT2D eigenvalue weighted by molar-refractivity contribution is 6.31. The van der Waals surface area contributed by atoms with Crippen molar-refractivity contribution in [3.05, 3.63) is 34.3 Å². The molecule has 2 N–H and O–H groups in total. The molecule has 0 aromatic heterocycles. The molecule has 1 amide bonds. The number of nitrogens with zero attached hydrogens (tertiary/aromatic N) is 1. The van der Waals surface area contributed by atoms with Crippen LogP contribution in [0.4, 0.5) is 4.79 Å². The van der Waals surface area contributed by atoms with Crippen LogP contribution in [0.3, 0.4) is 0 Å². The number of aryl methyl sites for hydroxylation is 1. The number of rotatable bonds is 2. The molecule has 0 aliphatic carbocycles. The lowest BCUT2D eigenvalue weighted by Crippen LogP contribution is -2.36. The molecule has 5 nitrogen and oxygen atoms in total. The number of ether oxygens (including phenoxy) is 1. The molecule has 6 heteroatoms. The molecule has 0 bridgehead atoms. The predicted molar refractivity (Wildman–Crippen MR) is 75.1 cm³/mol. The molecule has 0 saturated carbocycles. The maximum Gasteiger partial charge on any atom is 0.407 e. The van der Waals surface area contributed by atoms with E-state index in [2.05, 4.69) is 0 Å². The number of carboxylic acid groups (broad SMARTS) is 1. The quantitative estimate of drug-likeness (QED) is 0.879. The third-order valence-corrected chi connectivity index (χ3v) is 3.98. The molecular formula is C14H18ClNO4. The minimum Gasteiger partial charge on any atom is -0.465 e. The highest BCUT2D eigenvalue weighted by atomic mass is 35.5. The van der Waals surface area contributed by atoms with Crippen LogP contribution in [0.1, 0.15) is 17.2 Å². The summed E-state index contributed by atoms with van der Waals surface area (Å²) >= 11 is 6.01. The van der Waals surface area contributed by atoms with Crippen LogP contribution in [-0.2, 0) is 4.74 Å². The largest absolute Gasteiger partial charge is 0.465 e. The lowest BCUT2D eigenvalue weighted by molar-refractivity contribution is 0.0113. The summed E-state index contributed by atoms with van der Waals surface area (Å²) in [5.41, 5.74) is 1.85. The fourth-order valence-electron chi connectivity index (χ4n) is 2.44. The maximum atomic E-state index is 11.1. The number of amides is 1. The van der Waals surface area contributed by atoms with Crippen molar-refractivity contribution < 1.29 is 19.7 Å². The van der Waals surface area contributed by atoms with Gasteiger partial charge in [0.2, 0.25) is 0 Å². The fraction of sp³-hybridized carbons (Fsp3) is 0.500. The van der Waals surface area contributed by atoms with Gasteiger partial charge in [0.1, 0.15) is 0 Å². The van der Waals surface area contributed by atoms with Crippen molar-refractivity contribution in [2.75, 3.05) is 26.3 Å². The van der Waals surface area contributed by atoms with Crippen molar-refractivity contribution >= 4 is 17.7 Å². The highest BCUT2D eigenvalue weighted by Gasteiger charge is 2.30. The molecule has 1 aromatic carbocycles. The fourth-order valence-corrected chi connectivity index (χ4v) is 2.55. The van der Waals surface area contributed by atoms with Crippen LogP contribution in [0.5, 0.6) is 0 Å². The Morgan fingerprint density at radius 2 is 2.30 bits per heavy atom. The van der Waals surface area contributed by atoms with E-state index in [1.807, 2.05) is 19.1 Å². The van der Waals surface area contributed by atoms with E-state index in [0.717, 1.165) is 11.1 Å². The third-order valence-electron chi connectivity index (χ3n) is 3.56. The van der Waals surface area contributed by atoms with E-state index in [1.165, 1.54) is 4.90 Å². The average Bonchev–Trinajstić information content (AvgIpc) is 2.64. The predicted octanol–water partition coefficient (Wildman–Crippen LogP) is 2.31. The Hall–Kier alpha value is -1.30. The first-order valence-corrected chi connectivity index (χ1v) is 6.87. The average molecular weight is 300 g/mol. The van der Waals surface area contributed by atoms with E-state index in [4.69, 9.17) is 21.4 Å². The molecule has 1 heterocycles. The number of aliphatic hydroxyl groups excluding tert-OH is 1. The Morgan fingerprint density at radius 3 is 2.90 bits per heavy atom. The zero-order valence-electron chi connectivity index (χ0n) is 11.3. The summed E-state index contributed by atoms with van der Waals surface area (Å²) in [5, 5.41) is 19.3. The molecule has 2 unspecified atom stereocenters. The summed E-state index contributed by atoms with van der Waals surface area (Å²) in [6, 6.07) is 5.58. The molecule has 1 fully saturated rings. The van der Waals surface area contributed by atoms with Crippen LogP contribution in [0.15, 0.2) is 18.2 Å². The van der Waals surface area contributed by atoms with Crippen LogP contribution in [-0.4, -0.2) is 47.5 Å². The molecule has 0 spiro atoms. The van der Waals surface area contributed by atoms with Crippen molar-refractivity contribution in [2.45, 2.75) is 13.0 Å². The molecule has 2 atom stereocenters. The first-order chi connectivity index (χ1) is 9.52. The lowest BCUT2D eigenvalue weighted by Gasteiger charge is -2.25. The highest BCUT2D eigenvalue weighted by Crippen LogP contribution is 2.31. The van der Waals surface area contributed by atoms with E-state index in [9.17, 15) is 9.90 Å². The molecule has 1 aliphatic rings. The second-order valence-corrected chi connectivity index (χ2v) is 5.38. The monoisotopic (exact) mass is 299 g/mol. The smallest absolute Gasteiger partial charge is 0.407 e. The Bertz CT molecular complexity index is 494. The molecule has 110 valence electrons. The van der Waals surface area contributed by atoms with Crippen molar-refractivity contribution in [2.24, 2.45) is 5.92 Å². The van der Waals surface area contributed by atoms with Crippen molar-refractivity contribution in [3.8, 4) is 0 Å². The molecule has 1 aromatic rings. The van der Waals surface area contributed by atoms with Gasteiger partial charge in [-0.25, -0.2) is 4.79 Å². The van der Waals surface area contributed by atoms with E-state index in [0.29, 0.717) is 18.2 Å². The Morgan fingerprint density at radius 1 is 1.55 bits per heavy atom. The topological polar surface area (TPSA) is 70.0 Å². The SMILES string of the molecule is Cc1cc(C2OCCN(C(=O)O)CC2CO)ccc1Cl. The molecule has 1 saturated heterocycles. The Balaban J connectivity index is 2.24. The third kappa shape index (κ3) is 3.23. The number of hydrogen-bond acceptors (Lipinski definition) is 3. The normalized spacial score (nSPS) is 23.4. The van der Waals surface area contributed by atoms with Crippen molar-refractivity contribution in [1.82, 2.24) is 4.90 Å². The second-order valence-electron chi connectivity index (χ2n) is 4.97. The van der Waals surface area contributed by atoms with Gasteiger partial charge < -0.3 is 19.8 Å². The number of carbonyl (C=O) groups is 1. The zero-order valence-corrected chi connectivity index (χ0v) is 12.0. The Kier molecular flexibility index (Phi) is 4.86. The summed E-state index contributed by atoms with van der Waals surface area (Å²) in [4.78, 5) is 12.4. The Labute approximate surface area is 122 Å². The molecule has 0 radical (unpaired) electrons. The second kappa shape index (κ2) is 6.43. The van der Waals surface area contributed by atoms with Gasteiger partial charge in [0, 0.05) is 24.0 Å². The maximum absolute atomic E-state index is 11.1. The number of aliphatic hydroxyl groups is 1. The van der Waals surface area contributed by atoms with Gasteiger partial charge >= 0.3 is 6.09 Å². The van der Waals surface area contributed by atoms with Crippen LogP contribution < -0.4 is 0 Å². The summed E-state index contributed by atoms with van der Waals surface area (Å²) in [6.07, 6.45) is -1.31. The zero-order chi connectivity index (χ0) is 14.7. The van der Waals surface area contributed by atoms with Gasteiger partial charge in [-0.05, 0) is 24.1 Å². The van der Waals surface area contributed by atoms with E-state index < -0.39 is 6.09 Å². The lowest BCUT2D eigenvalue weighted by atomic mass is 9.95. The van der Waals surface area contributed by atoms with Crippen molar-refractivity contribution in [1.29, 1.82) is 0 Å². The summed E-state index contributed by atoms with van der Waals surface area (Å²) in [5.74, 6) is -0.283. The summed E-state index contributed by atoms with van der Waals surface area (Å²) in [6.45, 7) is 2.67. The minimum absolute atomic E-state index is 0.129. The standard InChI is InChI=1S/C14H18ClNO4/c1-9-6-10(2-3-12(9)15)13-11(8-17)7-16(14(18)19)4-5-20-13/h2-3,6,11,13,17H,4-5,7-8H2,1H3,(H,18,19). The number of halogens is 1. The van der Waals surface area contributed by atoms with Crippen LogP contribution in [0.2, 0.25) is 5.02 Å². The van der Waals surface area contributed by atoms with Gasteiger partial charge in [-0.3, -0.25) is 0 Å². The van der Waals surface area contributed by atoms with Gasteiger partial charge in [0.05, 0.1) is 19.3 Å². The van der Waals surface area contributed by atoms with E-state index >= 15 is 0 Å². The molecule has 2 rings (SSSR count). The summed E-state index contributed by atoms with van der Waals surface area (Å²) in [7, 11) is 0. The summed E-state index contributed by atoms with van der Waals surface area (Å²) < 4.78 is 5.76. The van der Waals surface area contributed by atoms with E-state index in [-0.39, 0.29) is 25.2 Å². The first-order valence-electron chi connectivity index (χ1n) is 6.49. The minimum atomic E-state index is -0.986. The number of benzene rings is 1. The van der Waals surface area contributed by atoms with Gasteiger partial charge in [0.15, 0.2) is 0 Å². The molecular weight excluding hydrogens is 282 g/mol. The van der Waals surface area contributed by atoms with Gasteiger partial charge in [-0.2, -0.15) is 0 Å². The first kappa shape index (κ1) is 15.1. The van der Waals surface area contributed by atoms with Crippen LogP contribution in [0, 0.1) is 12.8 Å². The van der Waals surface area contributed by atoms with Gasteiger partial charge in [-0.1, -0.05) is 23.7 Å². The molecule has 1 aliphatic heterocycles. The van der Waals surface area contributed by atoms with Crippen LogP contribution in [0.25, 0.3) is 0 Å². The van der Waals surface area contributed by atoms with Gasteiger partial charge in [0.25, 0.3) is 0 Å². The van der Waals surface area contributed by atoms with E-state index in [1.54, 1.807) is 6.07 Å². The van der Waals surface area contributed by atoms with Crippen molar-refractivity contribution in [3.63, 3.8) is 0 Å². The van der Waals surface area contributed by atoms with Gasteiger partial charge in [-0.15, -0.1) is 0 Å². The van der Waals surface area contributed by atoms with Crippen LogP contribution >= 0.6 is 11.6 Å².